The molecule has 1 unspecified atom stereocenters. The molecular weight excluding hydrogens is 138 g/mol. The van der Waals surface area contributed by atoms with Crippen LogP contribution in [-0.4, -0.2) is 18.4 Å². The van der Waals surface area contributed by atoms with Crippen LogP contribution in [0.4, 0.5) is 0 Å². The molecule has 0 spiro atoms. The molecule has 2 heteroatoms. The van der Waals surface area contributed by atoms with Crippen molar-refractivity contribution in [1.29, 1.82) is 0 Å². The van der Waals surface area contributed by atoms with Gasteiger partial charge >= 0.3 is 0 Å². The minimum absolute atomic E-state index is 0.0880. The van der Waals surface area contributed by atoms with Gasteiger partial charge in [-0.15, -0.1) is 0 Å². The summed E-state index contributed by atoms with van der Waals surface area (Å²) >= 11 is 0. The number of ether oxygens (including phenoxy) is 1. The van der Waals surface area contributed by atoms with Crippen molar-refractivity contribution in [2.45, 2.75) is 52.7 Å². The second-order valence-corrected chi connectivity index (χ2v) is 3.36. The van der Waals surface area contributed by atoms with Crippen molar-refractivity contribution in [3.63, 3.8) is 0 Å². The largest absolute Gasteiger partial charge is 0.360 e. The van der Waals surface area contributed by atoms with E-state index < -0.39 is 0 Å². The first-order valence-electron chi connectivity index (χ1n) is 4.47. The maximum Gasteiger partial charge on any atom is 0.0974 e. The van der Waals surface area contributed by atoms with Gasteiger partial charge in [0.2, 0.25) is 0 Å². The highest BCUT2D eigenvalue weighted by molar-refractivity contribution is 4.78. The lowest BCUT2D eigenvalue weighted by Gasteiger charge is -2.34. The van der Waals surface area contributed by atoms with Gasteiger partial charge < -0.3 is 4.74 Å². The predicted molar refractivity (Wildman–Crippen MR) is 48.6 cm³/mol. The zero-order chi connectivity index (χ0) is 8.91. The molecule has 0 aromatic rings. The molecule has 0 aliphatic carbocycles. The number of hydrogen-bond donors (Lipinski definition) is 1. The molecule has 1 heterocycles. The van der Waals surface area contributed by atoms with Crippen LogP contribution < -0.4 is 5.32 Å². The fraction of sp³-hybridized carbons (Fsp3) is 1.00. The second kappa shape index (κ2) is 4.73. The van der Waals surface area contributed by atoms with Crippen LogP contribution in [0.1, 0.15) is 41.0 Å². The third-order valence-corrected chi connectivity index (χ3v) is 1.69. The van der Waals surface area contributed by atoms with Crippen LogP contribution in [0.15, 0.2) is 0 Å². The van der Waals surface area contributed by atoms with Crippen LogP contribution in [0.3, 0.4) is 0 Å². The molecular formula is C9H21NO. The number of hydrogen-bond acceptors (Lipinski definition) is 2. The van der Waals surface area contributed by atoms with Gasteiger partial charge in [-0.25, -0.2) is 0 Å². The van der Waals surface area contributed by atoms with E-state index >= 15 is 0 Å². The van der Waals surface area contributed by atoms with Gasteiger partial charge in [0.15, 0.2) is 0 Å². The van der Waals surface area contributed by atoms with E-state index in [9.17, 15) is 0 Å². The maximum absolute atomic E-state index is 5.42. The fourth-order valence-electron chi connectivity index (χ4n) is 1.25. The Bertz CT molecular complexity index is 102. The van der Waals surface area contributed by atoms with E-state index in [0.717, 1.165) is 6.42 Å². The zero-order valence-electron chi connectivity index (χ0n) is 8.40. The molecule has 0 aromatic heterocycles. The van der Waals surface area contributed by atoms with E-state index in [0.29, 0.717) is 12.8 Å². The smallest absolute Gasteiger partial charge is 0.0974 e. The molecule has 2 nitrogen and oxygen atoms in total. The minimum atomic E-state index is 0.0880. The summed E-state index contributed by atoms with van der Waals surface area (Å²) in [6, 6.07) is 0.605. The second-order valence-electron chi connectivity index (χ2n) is 3.36. The lowest BCUT2D eigenvalue weighted by molar-refractivity contribution is -0.0715. The van der Waals surface area contributed by atoms with Crippen LogP contribution in [-0.2, 0) is 4.74 Å². The predicted octanol–water partition coefficient (Wildman–Crippen LogP) is 2.15. The zero-order valence-corrected chi connectivity index (χ0v) is 8.40. The summed E-state index contributed by atoms with van der Waals surface area (Å²) in [5, 5.41) is 3.22. The van der Waals surface area contributed by atoms with E-state index in [1.54, 1.807) is 0 Å². The van der Waals surface area contributed by atoms with Crippen molar-refractivity contribution < 1.29 is 4.74 Å². The summed E-state index contributed by atoms with van der Waals surface area (Å²) in [4.78, 5) is 0. The third kappa shape index (κ3) is 4.38. The maximum atomic E-state index is 5.42. The first-order chi connectivity index (χ1) is 5.10. The van der Waals surface area contributed by atoms with Gasteiger partial charge in [0.1, 0.15) is 0 Å². The molecule has 1 N–H and O–H groups in total. The Kier molecular flexibility index (Phi) is 4.69. The Balaban J connectivity index is 0.000000461. The lowest BCUT2D eigenvalue weighted by atomic mass is 9.99. The molecule has 1 aliphatic heterocycles. The monoisotopic (exact) mass is 159 g/mol. The number of rotatable bonds is 0. The van der Waals surface area contributed by atoms with E-state index in [-0.39, 0.29) is 5.60 Å². The lowest BCUT2D eigenvalue weighted by Crippen LogP contribution is -2.45. The van der Waals surface area contributed by atoms with Gasteiger partial charge in [-0.3, -0.25) is 5.32 Å². The Labute approximate surface area is 70.3 Å². The molecule has 1 saturated heterocycles. The van der Waals surface area contributed by atoms with Crippen molar-refractivity contribution in [2.75, 3.05) is 6.73 Å². The standard InChI is InChI=1S/C7H15NO.C2H6/c1-6-4-7(2,3)9-5-8-6;1-2/h6,8H,4-5H2,1-3H3;1-2H3. The molecule has 68 valence electrons. The molecule has 1 rings (SSSR count). The van der Waals surface area contributed by atoms with E-state index in [1.165, 1.54) is 0 Å². The summed E-state index contributed by atoms with van der Waals surface area (Å²) in [5.41, 5.74) is 0.0880. The molecule has 1 fully saturated rings. The van der Waals surface area contributed by atoms with Crippen molar-refractivity contribution in [3.05, 3.63) is 0 Å². The van der Waals surface area contributed by atoms with E-state index in [4.69, 9.17) is 4.74 Å². The summed E-state index contributed by atoms with van der Waals surface area (Å²) in [6.07, 6.45) is 1.10. The van der Waals surface area contributed by atoms with Crippen molar-refractivity contribution in [3.8, 4) is 0 Å². The molecule has 1 atom stereocenters. The van der Waals surface area contributed by atoms with Crippen LogP contribution in [0.2, 0.25) is 0 Å². The molecule has 0 radical (unpaired) electrons. The SMILES string of the molecule is CC.CC1CC(C)(C)OCN1. The summed E-state index contributed by atoms with van der Waals surface area (Å²) in [5.74, 6) is 0. The van der Waals surface area contributed by atoms with Crippen molar-refractivity contribution in [1.82, 2.24) is 5.32 Å². The highest BCUT2D eigenvalue weighted by Crippen LogP contribution is 2.19. The fourth-order valence-corrected chi connectivity index (χ4v) is 1.25. The normalized spacial score (nSPS) is 28.6. The van der Waals surface area contributed by atoms with E-state index in [1.807, 2.05) is 13.8 Å². The van der Waals surface area contributed by atoms with Gasteiger partial charge in [-0.05, 0) is 27.2 Å². The Morgan fingerprint density at radius 1 is 1.36 bits per heavy atom. The van der Waals surface area contributed by atoms with Crippen molar-refractivity contribution >= 4 is 0 Å². The topological polar surface area (TPSA) is 21.3 Å². The minimum Gasteiger partial charge on any atom is -0.360 e. The molecule has 1 aliphatic rings. The summed E-state index contributed by atoms with van der Waals surface area (Å²) in [6.45, 7) is 11.1. The van der Waals surface area contributed by atoms with Crippen LogP contribution >= 0.6 is 0 Å². The van der Waals surface area contributed by atoms with Gasteiger partial charge in [0.25, 0.3) is 0 Å². The average molecular weight is 159 g/mol. The van der Waals surface area contributed by atoms with Crippen molar-refractivity contribution in [2.24, 2.45) is 0 Å². The highest BCUT2D eigenvalue weighted by Gasteiger charge is 2.25. The molecule has 11 heavy (non-hydrogen) atoms. The molecule has 0 bridgehead atoms. The van der Waals surface area contributed by atoms with Gasteiger partial charge in [0, 0.05) is 6.04 Å². The quantitative estimate of drug-likeness (QED) is 0.584. The first-order valence-corrected chi connectivity index (χ1v) is 4.47. The Morgan fingerprint density at radius 2 is 1.91 bits per heavy atom. The van der Waals surface area contributed by atoms with Gasteiger partial charge in [-0.2, -0.15) is 0 Å². The van der Waals surface area contributed by atoms with Crippen LogP contribution in [0.5, 0.6) is 0 Å². The van der Waals surface area contributed by atoms with Crippen LogP contribution in [0, 0.1) is 0 Å². The molecule has 0 saturated carbocycles. The van der Waals surface area contributed by atoms with Gasteiger partial charge in [0.05, 0.1) is 12.3 Å². The number of nitrogens with one attached hydrogen (secondary N) is 1. The Hall–Kier alpha value is -0.0800. The highest BCUT2D eigenvalue weighted by atomic mass is 16.5. The first kappa shape index (κ1) is 10.9. The molecule has 0 aromatic carbocycles. The summed E-state index contributed by atoms with van der Waals surface area (Å²) < 4.78 is 5.42. The van der Waals surface area contributed by atoms with Crippen LogP contribution in [0.25, 0.3) is 0 Å². The Morgan fingerprint density at radius 3 is 2.18 bits per heavy atom. The third-order valence-electron chi connectivity index (χ3n) is 1.69. The molecule has 0 amide bonds. The van der Waals surface area contributed by atoms with Gasteiger partial charge in [-0.1, -0.05) is 13.8 Å². The average Bonchev–Trinajstić information content (AvgIpc) is 1.89. The van der Waals surface area contributed by atoms with E-state index in [2.05, 4.69) is 26.1 Å². The summed E-state index contributed by atoms with van der Waals surface area (Å²) in [7, 11) is 0.